The number of sulfonamides is 1. The lowest BCUT2D eigenvalue weighted by Crippen LogP contribution is -2.25. The smallest absolute Gasteiger partial charge is 0.240 e. The lowest BCUT2D eigenvalue weighted by Gasteiger charge is -2.06. The fourth-order valence-corrected chi connectivity index (χ4v) is 4.77. The molecule has 2 aromatic carbocycles. The molecule has 7 heteroatoms. The molecule has 0 amide bonds. The Kier molecular flexibility index (Phi) is 5.77. The Hall–Kier alpha value is -1.73. The van der Waals surface area contributed by atoms with Crippen molar-refractivity contribution in [3.63, 3.8) is 0 Å². The first-order chi connectivity index (χ1) is 12.3. The Bertz CT molecular complexity index is 1010. The molecule has 0 unspecified atom stereocenters. The van der Waals surface area contributed by atoms with Crippen molar-refractivity contribution in [2.75, 3.05) is 6.54 Å². The van der Waals surface area contributed by atoms with E-state index in [4.69, 9.17) is 11.6 Å². The second-order valence-electron chi connectivity index (χ2n) is 6.00. The van der Waals surface area contributed by atoms with Crippen LogP contribution in [0, 0.1) is 13.8 Å². The predicted molar refractivity (Wildman–Crippen MR) is 107 cm³/mol. The summed E-state index contributed by atoms with van der Waals surface area (Å²) in [4.78, 5) is 5.93. The minimum Gasteiger partial charge on any atom is -0.241 e. The van der Waals surface area contributed by atoms with Gasteiger partial charge in [0.05, 0.1) is 10.6 Å². The van der Waals surface area contributed by atoms with Crippen LogP contribution in [0.3, 0.4) is 0 Å². The van der Waals surface area contributed by atoms with Crippen molar-refractivity contribution in [3.05, 3.63) is 69.7 Å². The van der Waals surface area contributed by atoms with Gasteiger partial charge in [0.25, 0.3) is 0 Å². The summed E-state index contributed by atoms with van der Waals surface area (Å²) in [5.41, 5.74) is 3.22. The summed E-state index contributed by atoms with van der Waals surface area (Å²) >= 11 is 7.41. The van der Waals surface area contributed by atoms with Crippen LogP contribution in [-0.2, 0) is 16.4 Å². The Morgan fingerprint density at radius 1 is 1.12 bits per heavy atom. The fraction of sp³-hybridized carbons (Fsp3) is 0.211. The van der Waals surface area contributed by atoms with Crippen molar-refractivity contribution in [1.29, 1.82) is 0 Å². The normalized spacial score (nSPS) is 11.7. The molecule has 3 aromatic rings. The minimum atomic E-state index is -3.54. The number of hydrogen-bond donors (Lipinski definition) is 1. The van der Waals surface area contributed by atoms with Gasteiger partial charge < -0.3 is 0 Å². The molecule has 1 N–H and O–H groups in total. The quantitative estimate of drug-likeness (QED) is 0.650. The monoisotopic (exact) mass is 406 g/mol. The molecular weight excluding hydrogens is 388 g/mol. The molecular formula is C19H19ClN2O2S2. The zero-order valence-corrected chi connectivity index (χ0v) is 16.9. The van der Waals surface area contributed by atoms with E-state index in [0.29, 0.717) is 18.0 Å². The zero-order valence-electron chi connectivity index (χ0n) is 14.5. The maximum absolute atomic E-state index is 12.3. The van der Waals surface area contributed by atoms with Crippen LogP contribution in [0.1, 0.15) is 16.1 Å². The highest BCUT2D eigenvalue weighted by Crippen LogP contribution is 2.28. The summed E-state index contributed by atoms with van der Waals surface area (Å²) in [6.07, 6.45) is 0.599. The van der Waals surface area contributed by atoms with Crippen molar-refractivity contribution in [2.45, 2.75) is 25.2 Å². The van der Waals surface area contributed by atoms with E-state index < -0.39 is 10.0 Å². The van der Waals surface area contributed by atoms with E-state index in [1.807, 2.05) is 19.1 Å². The molecule has 0 bridgehead atoms. The van der Waals surface area contributed by atoms with Crippen LogP contribution in [0.4, 0.5) is 0 Å². The molecule has 0 saturated carbocycles. The van der Waals surface area contributed by atoms with Gasteiger partial charge in [-0.25, -0.2) is 18.1 Å². The molecule has 0 atom stereocenters. The number of aryl methyl sites for hydroxylation is 2. The van der Waals surface area contributed by atoms with Crippen molar-refractivity contribution in [1.82, 2.24) is 9.71 Å². The molecule has 0 aliphatic carbocycles. The molecule has 1 heterocycles. The summed E-state index contributed by atoms with van der Waals surface area (Å²) in [6, 6.07) is 14.3. The Morgan fingerprint density at radius 2 is 1.85 bits per heavy atom. The first-order valence-electron chi connectivity index (χ1n) is 8.14. The molecule has 136 valence electrons. The lowest BCUT2D eigenvalue weighted by molar-refractivity contribution is 0.582. The topological polar surface area (TPSA) is 59.1 Å². The number of hydrogen-bond acceptors (Lipinski definition) is 4. The summed E-state index contributed by atoms with van der Waals surface area (Å²) in [5, 5.41) is 1.47. The summed E-state index contributed by atoms with van der Waals surface area (Å²) in [6.45, 7) is 4.33. The predicted octanol–water partition coefficient (Wildman–Crippen LogP) is 4.60. The van der Waals surface area contributed by atoms with E-state index in [-0.39, 0.29) is 4.90 Å². The van der Waals surface area contributed by atoms with Gasteiger partial charge in [0.15, 0.2) is 0 Å². The van der Waals surface area contributed by atoms with Crippen LogP contribution >= 0.6 is 22.9 Å². The Morgan fingerprint density at radius 3 is 2.54 bits per heavy atom. The molecule has 0 fully saturated rings. The molecule has 0 spiro atoms. The highest BCUT2D eigenvalue weighted by molar-refractivity contribution is 7.89. The second kappa shape index (κ2) is 7.88. The van der Waals surface area contributed by atoms with Gasteiger partial charge in [-0.3, -0.25) is 0 Å². The molecule has 26 heavy (non-hydrogen) atoms. The molecule has 0 saturated heterocycles. The van der Waals surface area contributed by atoms with Crippen LogP contribution in [0.2, 0.25) is 5.02 Å². The van der Waals surface area contributed by atoms with Crippen LogP contribution in [-0.4, -0.2) is 19.9 Å². The maximum Gasteiger partial charge on any atom is 0.240 e. The van der Waals surface area contributed by atoms with E-state index in [0.717, 1.165) is 21.1 Å². The Labute approximate surface area is 162 Å². The van der Waals surface area contributed by atoms with E-state index in [1.165, 1.54) is 17.7 Å². The van der Waals surface area contributed by atoms with Crippen LogP contribution in [0.15, 0.2) is 53.4 Å². The van der Waals surface area contributed by atoms with Crippen molar-refractivity contribution >= 4 is 33.0 Å². The zero-order chi connectivity index (χ0) is 18.7. The van der Waals surface area contributed by atoms with Crippen molar-refractivity contribution in [2.24, 2.45) is 0 Å². The van der Waals surface area contributed by atoms with Crippen LogP contribution in [0.5, 0.6) is 0 Å². The molecule has 4 nitrogen and oxygen atoms in total. The van der Waals surface area contributed by atoms with Crippen LogP contribution < -0.4 is 4.72 Å². The second-order valence-corrected chi connectivity index (χ2v) is 9.29. The number of thiazole rings is 1. The van der Waals surface area contributed by atoms with E-state index in [1.54, 1.807) is 23.5 Å². The minimum absolute atomic E-state index is 0.211. The average Bonchev–Trinajstić information content (AvgIpc) is 2.96. The molecule has 1 aromatic heterocycles. The van der Waals surface area contributed by atoms with E-state index >= 15 is 0 Å². The highest BCUT2D eigenvalue weighted by atomic mass is 35.5. The number of benzene rings is 2. The third-order valence-corrected chi connectivity index (χ3v) is 6.92. The fourth-order valence-electron chi connectivity index (χ4n) is 2.56. The first kappa shape index (κ1) is 19.0. The molecule has 0 radical (unpaired) electrons. The van der Waals surface area contributed by atoms with Gasteiger partial charge in [-0.05, 0) is 50.6 Å². The standard InChI is InChI=1S/C19H19ClN2O2S2/c1-13-4-3-5-15(12-13)19-22-14(2)18(25-19)10-11-21-26(23,24)17-8-6-16(20)7-9-17/h3-9,12,21H,10-11H2,1-2H3. The third-order valence-electron chi connectivity index (χ3n) is 3.93. The van der Waals surface area contributed by atoms with E-state index in [2.05, 4.69) is 28.8 Å². The third kappa shape index (κ3) is 4.51. The van der Waals surface area contributed by atoms with Gasteiger partial charge in [-0.1, -0.05) is 35.4 Å². The molecule has 0 aliphatic heterocycles. The number of aromatic nitrogens is 1. The first-order valence-corrected chi connectivity index (χ1v) is 10.8. The molecule has 3 rings (SSSR count). The SMILES string of the molecule is Cc1cccc(-c2nc(C)c(CCNS(=O)(=O)c3ccc(Cl)cc3)s2)c1. The number of halogens is 1. The summed E-state index contributed by atoms with van der Waals surface area (Å²) < 4.78 is 27.3. The summed E-state index contributed by atoms with van der Waals surface area (Å²) in [7, 11) is -3.54. The van der Waals surface area contributed by atoms with Crippen LogP contribution in [0.25, 0.3) is 10.6 Å². The largest absolute Gasteiger partial charge is 0.241 e. The number of nitrogens with one attached hydrogen (secondary N) is 1. The number of nitrogens with zero attached hydrogens (tertiary/aromatic N) is 1. The highest BCUT2D eigenvalue weighted by Gasteiger charge is 2.15. The maximum atomic E-state index is 12.3. The van der Waals surface area contributed by atoms with Gasteiger partial charge in [-0.15, -0.1) is 11.3 Å². The number of rotatable bonds is 6. The van der Waals surface area contributed by atoms with Crippen molar-refractivity contribution < 1.29 is 8.42 Å². The van der Waals surface area contributed by atoms with Gasteiger partial charge >= 0.3 is 0 Å². The van der Waals surface area contributed by atoms with Gasteiger partial charge in [-0.2, -0.15) is 0 Å². The van der Waals surface area contributed by atoms with Gasteiger partial charge in [0.2, 0.25) is 10.0 Å². The average molecular weight is 407 g/mol. The van der Waals surface area contributed by atoms with Gasteiger partial charge in [0.1, 0.15) is 5.01 Å². The molecule has 0 aliphatic rings. The Balaban J connectivity index is 1.68. The van der Waals surface area contributed by atoms with Crippen molar-refractivity contribution in [3.8, 4) is 10.6 Å². The lowest BCUT2D eigenvalue weighted by atomic mass is 10.1. The van der Waals surface area contributed by atoms with Gasteiger partial charge in [0, 0.05) is 22.0 Å². The summed E-state index contributed by atoms with van der Waals surface area (Å²) in [5.74, 6) is 0. The van der Waals surface area contributed by atoms with E-state index in [9.17, 15) is 8.42 Å².